The van der Waals surface area contributed by atoms with Crippen molar-refractivity contribution in [3.8, 4) is 0 Å². The summed E-state index contributed by atoms with van der Waals surface area (Å²) in [6, 6.07) is 16.8. The highest BCUT2D eigenvalue weighted by molar-refractivity contribution is 5.77. The molecule has 108 valence electrons. The summed E-state index contributed by atoms with van der Waals surface area (Å²) in [5.41, 5.74) is 9.18. The third kappa shape index (κ3) is 2.98. The van der Waals surface area contributed by atoms with E-state index in [9.17, 15) is 4.79 Å². The van der Waals surface area contributed by atoms with E-state index in [1.165, 1.54) is 5.56 Å². The Morgan fingerprint density at radius 1 is 1.10 bits per heavy atom. The average molecular weight is 281 g/mol. The SMILES string of the molecule is N[C@H](C(=O)OC1CCCc2ccccc21)c1ccccc1. The molecule has 0 radical (unpaired) electrons. The van der Waals surface area contributed by atoms with E-state index in [0.717, 1.165) is 30.4 Å². The minimum absolute atomic E-state index is 0.169. The van der Waals surface area contributed by atoms with E-state index in [0.29, 0.717) is 0 Å². The van der Waals surface area contributed by atoms with E-state index in [4.69, 9.17) is 10.5 Å². The number of nitrogens with two attached hydrogens (primary N) is 1. The molecule has 0 amide bonds. The van der Waals surface area contributed by atoms with E-state index in [2.05, 4.69) is 6.07 Å². The van der Waals surface area contributed by atoms with Gasteiger partial charge < -0.3 is 10.5 Å². The first-order valence-electron chi connectivity index (χ1n) is 7.34. The van der Waals surface area contributed by atoms with Crippen LogP contribution in [0.4, 0.5) is 0 Å². The van der Waals surface area contributed by atoms with Crippen molar-refractivity contribution in [2.75, 3.05) is 0 Å². The van der Waals surface area contributed by atoms with Crippen molar-refractivity contribution in [1.29, 1.82) is 0 Å². The zero-order valence-corrected chi connectivity index (χ0v) is 11.9. The van der Waals surface area contributed by atoms with Crippen molar-refractivity contribution in [2.24, 2.45) is 5.73 Å². The van der Waals surface area contributed by atoms with Crippen LogP contribution in [0.2, 0.25) is 0 Å². The Labute approximate surface area is 124 Å². The molecule has 3 heteroatoms. The summed E-state index contributed by atoms with van der Waals surface area (Å²) in [6.07, 6.45) is 2.78. The molecule has 0 bridgehead atoms. The molecular weight excluding hydrogens is 262 g/mol. The fourth-order valence-electron chi connectivity index (χ4n) is 2.84. The van der Waals surface area contributed by atoms with Gasteiger partial charge in [-0.25, -0.2) is 4.79 Å². The topological polar surface area (TPSA) is 52.3 Å². The fourth-order valence-corrected chi connectivity index (χ4v) is 2.84. The predicted molar refractivity (Wildman–Crippen MR) is 81.6 cm³/mol. The molecule has 2 N–H and O–H groups in total. The molecule has 0 fully saturated rings. The first-order valence-corrected chi connectivity index (χ1v) is 7.34. The third-order valence-electron chi connectivity index (χ3n) is 3.99. The van der Waals surface area contributed by atoms with E-state index < -0.39 is 6.04 Å². The van der Waals surface area contributed by atoms with E-state index in [-0.39, 0.29) is 12.1 Å². The third-order valence-corrected chi connectivity index (χ3v) is 3.99. The lowest BCUT2D eigenvalue weighted by Gasteiger charge is -2.26. The molecule has 0 aromatic heterocycles. The van der Waals surface area contributed by atoms with Gasteiger partial charge in [-0.15, -0.1) is 0 Å². The highest BCUT2D eigenvalue weighted by Crippen LogP contribution is 2.33. The van der Waals surface area contributed by atoms with Crippen LogP contribution in [0.1, 0.15) is 41.7 Å². The number of rotatable bonds is 3. The van der Waals surface area contributed by atoms with Crippen LogP contribution in [-0.4, -0.2) is 5.97 Å². The Hall–Kier alpha value is -2.13. The summed E-state index contributed by atoms with van der Waals surface area (Å²) in [6.45, 7) is 0. The van der Waals surface area contributed by atoms with Crippen molar-refractivity contribution in [3.63, 3.8) is 0 Å². The van der Waals surface area contributed by atoms with Crippen molar-refractivity contribution in [3.05, 3.63) is 71.3 Å². The smallest absolute Gasteiger partial charge is 0.328 e. The van der Waals surface area contributed by atoms with Crippen LogP contribution in [0.3, 0.4) is 0 Å². The Balaban J connectivity index is 1.74. The molecule has 2 atom stereocenters. The Bertz CT molecular complexity index is 624. The van der Waals surface area contributed by atoms with Crippen LogP contribution in [-0.2, 0) is 16.0 Å². The lowest BCUT2D eigenvalue weighted by molar-refractivity contribution is -0.152. The molecule has 3 rings (SSSR count). The van der Waals surface area contributed by atoms with Crippen LogP contribution >= 0.6 is 0 Å². The molecule has 0 aliphatic heterocycles. The van der Waals surface area contributed by atoms with Crippen LogP contribution < -0.4 is 5.73 Å². The standard InChI is InChI=1S/C18H19NO2/c19-17(14-8-2-1-3-9-14)18(20)21-16-12-6-10-13-7-4-5-11-15(13)16/h1-5,7-9,11,16-17H,6,10,12,19H2/t16?,17-/m0/s1. The normalized spacial score (nSPS) is 18.6. The highest BCUT2D eigenvalue weighted by atomic mass is 16.5. The maximum absolute atomic E-state index is 12.3. The number of carbonyl (C=O) groups excluding carboxylic acids is 1. The van der Waals surface area contributed by atoms with Crippen LogP contribution in [0.5, 0.6) is 0 Å². The van der Waals surface area contributed by atoms with E-state index in [1.807, 2.05) is 48.5 Å². The van der Waals surface area contributed by atoms with Gasteiger partial charge in [-0.1, -0.05) is 54.6 Å². The van der Waals surface area contributed by atoms with Gasteiger partial charge in [0.2, 0.25) is 0 Å². The summed E-state index contributed by atoms with van der Waals surface area (Å²) >= 11 is 0. The Morgan fingerprint density at radius 3 is 2.62 bits per heavy atom. The van der Waals surface area contributed by atoms with Gasteiger partial charge in [-0.3, -0.25) is 0 Å². The van der Waals surface area contributed by atoms with E-state index in [1.54, 1.807) is 0 Å². The summed E-state index contributed by atoms with van der Waals surface area (Å²) in [5, 5.41) is 0. The van der Waals surface area contributed by atoms with Gasteiger partial charge in [0, 0.05) is 0 Å². The molecular formula is C18H19NO2. The quantitative estimate of drug-likeness (QED) is 0.878. The number of hydrogen-bond acceptors (Lipinski definition) is 3. The van der Waals surface area contributed by atoms with Gasteiger partial charge >= 0.3 is 5.97 Å². The number of fused-ring (bicyclic) bond motifs is 1. The van der Waals surface area contributed by atoms with E-state index >= 15 is 0 Å². The maximum Gasteiger partial charge on any atom is 0.328 e. The van der Waals surface area contributed by atoms with Gasteiger partial charge in [0.05, 0.1) is 0 Å². The van der Waals surface area contributed by atoms with Crippen molar-refractivity contribution in [2.45, 2.75) is 31.4 Å². The number of aryl methyl sites for hydroxylation is 1. The summed E-state index contributed by atoms with van der Waals surface area (Å²) in [7, 11) is 0. The van der Waals surface area contributed by atoms with Crippen molar-refractivity contribution >= 4 is 5.97 Å². The maximum atomic E-state index is 12.3. The first kappa shape index (κ1) is 13.8. The van der Waals surface area contributed by atoms with Gasteiger partial charge in [0.15, 0.2) is 0 Å². The molecule has 0 heterocycles. The molecule has 1 aliphatic rings. The molecule has 0 saturated carbocycles. The monoisotopic (exact) mass is 281 g/mol. The van der Waals surface area contributed by atoms with Gasteiger partial charge in [0.25, 0.3) is 0 Å². The van der Waals surface area contributed by atoms with Crippen molar-refractivity contribution < 1.29 is 9.53 Å². The van der Waals surface area contributed by atoms with Crippen LogP contribution in [0.15, 0.2) is 54.6 Å². The second-order valence-electron chi connectivity index (χ2n) is 5.40. The molecule has 1 unspecified atom stereocenters. The zero-order valence-electron chi connectivity index (χ0n) is 11.9. The van der Waals surface area contributed by atoms with Crippen LogP contribution in [0, 0.1) is 0 Å². The predicted octanol–water partition coefficient (Wildman–Crippen LogP) is 3.31. The molecule has 0 spiro atoms. The van der Waals surface area contributed by atoms with Gasteiger partial charge in [0.1, 0.15) is 12.1 Å². The second-order valence-corrected chi connectivity index (χ2v) is 5.40. The molecule has 3 nitrogen and oxygen atoms in total. The molecule has 21 heavy (non-hydrogen) atoms. The summed E-state index contributed by atoms with van der Waals surface area (Å²) in [4.78, 5) is 12.3. The number of esters is 1. The largest absolute Gasteiger partial charge is 0.456 e. The minimum atomic E-state index is -0.722. The summed E-state index contributed by atoms with van der Waals surface area (Å²) < 4.78 is 5.67. The fraction of sp³-hybridized carbons (Fsp3) is 0.278. The number of ether oxygens (including phenoxy) is 1. The van der Waals surface area contributed by atoms with Crippen LogP contribution in [0.25, 0.3) is 0 Å². The lowest BCUT2D eigenvalue weighted by Crippen LogP contribution is -2.26. The zero-order chi connectivity index (χ0) is 14.7. The Morgan fingerprint density at radius 2 is 1.81 bits per heavy atom. The summed E-state index contributed by atoms with van der Waals surface area (Å²) in [5.74, 6) is -0.358. The first-order chi connectivity index (χ1) is 10.3. The minimum Gasteiger partial charge on any atom is -0.456 e. The molecule has 2 aromatic carbocycles. The second kappa shape index (κ2) is 6.10. The lowest BCUT2D eigenvalue weighted by atomic mass is 9.89. The molecule has 2 aromatic rings. The number of hydrogen-bond donors (Lipinski definition) is 1. The number of carbonyl (C=O) groups is 1. The molecule has 1 aliphatic carbocycles. The average Bonchev–Trinajstić information content (AvgIpc) is 2.55. The number of benzene rings is 2. The highest BCUT2D eigenvalue weighted by Gasteiger charge is 2.26. The van der Waals surface area contributed by atoms with Gasteiger partial charge in [-0.05, 0) is 36.0 Å². The molecule has 0 saturated heterocycles. The van der Waals surface area contributed by atoms with Gasteiger partial charge in [-0.2, -0.15) is 0 Å². The Kier molecular flexibility index (Phi) is 4.02. The van der Waals surface area contributed by atoms with Crippen molar-refractivity contribution in [1.82, 2.24) is 0 Å².